The Labute approximate surface area is 117 Å². The first-order valence-corrected chi connectivity index (χ1v) is 6.12. The monoisotopic (exact) mass is 275 g/mol. The number of hydrogen-bond acceptors (Lipinski definition) is 7. The van der Waals surface area contributed by atoms with Crippen LogP contribution >= 0.6 is 0 Å². The summed E-state index contributed by atoms with van der Waals surface area (Å²) in [5, 5.41) is 3.12. The van der Waals surface area contributed by atoms with Crippen molar-refractivity contribution in [2.75, 3.05) is 31.9 Å². The molecule has 0 atom stereocenters. The molecule has 0 saturated carbocycles. The number of hydrogen-bond donors (Lipinski definition) is 2. The highest BCUT2D eigenvalue weighted by atomic mass is 16.5. The molecule has 0 saturated heterocycles. The molecule has 0 spiro atoms. The van der Waals surface area contributed by atoms with Crippen LogP contribution in [0.4, 0.5) is 17.6 Å². The number of aromatic nitrogens is 3. The molecule has 1 aromatic carbocycles. The molecule has 1 aromatic heterocycles. The molecule has 20 heavy (non-hydrogen) atoms. The van der Waals surface area contributed by atoms with Gasteiger partial charge in [-0.2, -0.15) is 15.0 Å². The molecule has 0 unspecified atom stereocenters. The van der Waals surface area contributed by atoms with Crippen LogP contribution in [-0.4, -0.2) is 35.8 Å². The number of anilines is 3. The van der Waals surface area contributed by atoms with E-state index in [1.165, 1.54) is 7.11 Å². The lowest BCUT2D eigenvalue weighted by atomic mass is 10.1. The van der Waals surface area contributed by atoms with Gasteiger partial charge in [0, 0.05) is 12.8 Å². The van der Waals surface area contributed by atoms with Gasteiger partial charge in [-0.25, -0.2) is 0 Å². The minimum absolute atomic E-state index is 0.105. The van der Waals surface area contributed by atoms with Crippen LogP contribution in [0, 0.1) is 0 Å². The first-order chi connectivity index (χ1) is 9.72. The Balaban J connectivity index is 2.23. The maximum absolute atomic E-state index is 5.60. The smallest absolute Gasteiger partial charge is 0.322 e. The predicted molar refractivity (Wildman–Crippen MR) is 76.1 cm³/mol. The minimum Gasteiger partial charge on any atom is -0.467 e. The first-order valence-electron chi connectivity index (χ1n) is 6.12. The molecule has 0 radical (unpaired) electrons. The lowest BCUT2D eigenvalue weighted by molar-refractivity contribution is 0.202. The van der Waals surface area contributed by atoms with E-state index in [2.05, 4.69) is 20.3 Å². The number of rotatable bonds is 6. The molecule has 0 amide bonds. The third kappa shape index (κ3) is 3.55. The maximum Gasteiger partial charge on any atom is 0.322 e. The van der Waals surface area contributed by atoms with Crippen molar-refractivity contribution >= 4 is 17.6 Å². The fraction of sp³-hybridized carbons (Fsp3) is 0.308. The van der Waals surface area contributed by atoms with Gasteiger partial charge in [-0.15, -0.1) is 0 Å². The third-order valence-corrected chi connectivity index (χ3v) is 2.65. The summed E-state index contributed by atoms with van der Waals surface area (Å²) in [5.74, 6) is 0.452. The molecule has 0 bridgehead atoms. The second kappa shape index (κ2) is 6.67. The average Bonchev–Trinajstić information content (AvgIpc) is 2.45. The second-order valence-corrected chi connectivity index (χ2v) is 4.03. The van der Waals surface area contributed by atoms with Crippen molar-refractivity contribution in [3.63, 3.8) is 0 Å². The van der Waals surface area contributed by atoms with E-state index in [1.807, 2.05) is 24.3 Å². The van der Waals surface area contributed by atoms with Crippen molar-refractivity contribution in [3.8, 4) is 6.01 Å². The van der Waals surface area contributed by atoms with E-state index in [1.54, 1.807) is 7.11 Å². The summed E-state index contributed by atoms with van der Waals surface area (Å²) in [6.07, 6.45) is 0.789. The van der Waals surface area contributed by atoms with Crippen molar-refractivity contribution in [1.82, 2.24) is 15.0 Å². The minimum atomic E-state index is 0.105. The molecule has 7 nitrogen and oxygen atoms in total. The van der Waals surface area contributed by atoms with Crippen molar-refractivity contribution in [2.45, 2.75) is 6.42 Å². The summed E-state index contributed by atoms with van der Waals surface area (Å²) in [6.45, 7) is 0.640. The molecule has 0 aliphatic carbocycles. The Kier molecular flexibility index (Phi) is 4.67. The number of para-hydroxylation sites is 1. The third-order valence-electron chi connectivity index (χ3n) is 2.65. The molecule has 7 heteroatoms. The SMILES string of the molecule is COCCc1ccccc1Nc1nc(N)nc(OC)n1. The van der Waals surface area contributed by atoms with Crippen LogP contribution < -0.4 is 15.8 Å². The summed E-state index contributed by atoms with van der Waals surface area (Å²) >= 11 is 0. The standard InChI is InChI=1S/C13H17N5O2/c1-19-8-7-9-5-3-4-6-10(9)15-12-16-11(14)17-13(18-12)20-2/h3-6H,7-8H2,1-2H3,(H3,14,15,16,17,18). The zero-order valence-electron chi connectivity index (χ0n) is 11.5. The van der Waals surface area contributed by atoms with Gasteiger partial charge in [-0.1, -0.05) is 18.2 Å². The molecule has 2 rings (SSSR count). The number of nitrogen functional groups attached to an aromatic ring is 1. The van der Waals surface area contributed by atoms with Crippen molar-refractivity contribution in [2.24, 2.45) is 0 Å². The zero-order valence-corrected chi connectivity index (χ0v) is 11.5. The van der Waals surface area contributed by atoms with E-state index in [-0.39, 0.29) is 12.0 Å². The lowest BCUT2D eigenvalue weighted by Crippen LogP contribution is -2.06. The first kappa shape index (κ1) is 14.0. The molecule has 0 aliphatic rings. The Hall–Kier alpha value is -2.41. The second-order valence-electron chi connectivity index (χ2n) is 4.03. The van der Waals surface area contributed by atoms with Crippen LogP contribution in [0.1, 0.15) is 5.56 Å². The van der Waals surface area contributed by atoms with E-state index in [0.717, 1.165) is 17.7 Å². The topological polar surface area (TPSA) is 95.2 Å². The molecule has 3 N–H and O–H groups in total. The van der Waals surface area contributed by atoms with Gasteiger partial charge in [-0.05, 0) is 18.1 Å². The van der Waals surface area contributed by atoms with Crippen molar-refractivity contribution in [3.05, 3.63) is 29.8 Å². The Morgan fingerprint density at radius 3 is 2.70 bits per heavy atom. The number of benzene rings is 1. The molecule has 106 valence electrons. The van der Waals surface area contributed by atoms with E-state index in [0.29, 0.717) is 12.6 Å². The quantitative estimate of drug-likeness (QED) is 0.822. The van der Waals surface area contributed by atoms with Crippen LogP contribution in [0.25, 0.3) is 0 Å². The van der Waals surface area contributed by atoms with E-state index in [9.17, 15) is 0 Å². The Morgan fingerprint density at radius 2 is 1.95 bits per heavy atom. The van der Waals surface area contributed by atoms with Crippen LogP contribution in [0.2, 0.25) is 0 Å². The van der Waals surface area contributed by atoms with Crippen LogP contribution in [-0.2, 0) is 11.2 Å². The number of nitrogens with one attached hydrogen (secondary N) is 1. The van der Waals surface area contributed by atoms with Crippen LogP contribution in [0.3, 0.4) is 0 Å². The lowest BCUT2D eigenvalue weighted by Gasteiger charge is -2.11. The van der Waals surface area contributed by atoms with Gasteiger partial charge < -0.3 is 20.5 Å². The number of methoxy groups -OCH3 is 2. The fourth-order valence-electron chi connectivity index (χ4n) is 1.71. The number of ether oxygens (including phenoxy) is 2. The molecule has 2 aromatic rings. The van der Waals surface area contributed by atoms with Gasteiger partial charge in [0.1, 0.15) is 0 Å². The fourth-order valence-corrected chi connectivity index (χ4v) is 1.71. The summed E-state index contributed by atoms with van der Waals surface area (Å²) in [7, 11) is 3.15. The summed E-state index contributed by atoms with van der Waals surface area (Å²) in [4.78, 5) is 12.0. The summed E-state index contributed by atoms with van der Waals surface area (Å²) < 4.78 is 10.1. The summed E-state index contributed by atoms with van der Waals surface area (Å²) in [6, 6.07) is 8.04. The van der Waals surface area contributed by atoms with Gasteiger partial charge >= 0.3 is 6.01 Å². The largest absolute Gasteiger partial charge is 0.467 e. The van der Waals surface area contributed by atoms with Gasteiger partial charge in [0.05, 0.1) is 13.7 Å². The van der Waals surface area contributed by atoms with Gasteiger partial charge in [0.25, 0.3) is 0 Å². The zero-order chi connectivity index (χ0) is 14.4. The molecule has 0 fully saturated rings. The van der Waals surface area contributed by atoms with Gasteiger partial charge in [-0.3, -0.25) is 0 Å². The van der Waals surface area contributed by atoms with Gasteiger partial charge in [0.15, 0.2) is 0 Å². The van der Waals surface area contributed by atoms with Crippen molar-refractivity contribution in [1.29, 1.82) is 0 Å². The normalized spacial score (nSPS) is 10.3. The molecular weight excluding hydrogens is 258 g/mol. The van der Waals surface area contributed by atoms with Crippen LogP contribution in [0.15, 0.2) is 24.3 Å². The van der Waals surface area contributed by atoms with Crippen LogP contribution in [0.5, 0.6) is 6.01 Å². The van der Waals surface area contributed by atoms with E-state index >= 15 is 0 Å². The maximum atomic E-state index is 5.60. The molecule has 0 aliphatic heterocycles. The Bertz CT molecular complexity index is 576. The number of nitrogens with two attached hydrogens (primary N) is 1. The van der Waals surface area contributed by atoms with E-state index < -0.39 is 0 Å². The highest BCUT2D eigenvalue weighted by molar-refractivity contribution is 5.59. The van der Waals surface area contributed by atoms with Crippen molar-refractivity contribution < 1.29 is 9.47 Å². The molecule has 1 heterocycles. The van der Waals surface area contributed by atoms with Gasteiger partial charge in [0.2, 0.25) is 11.9 Å². The highest BCUT2D eigenvalue weighted by Crippen LogP contribution is 2.20. The average molecular weight is 275 g/mol. The number of nitrogens with zero attached hydrogens (tertiary/aromatic N) is 3. The predicted octanol–water partition coefficient (Wildman–Crippen LogP) is 1.39. The summed E-state index contributed by atoms with van der Waals surface area (Å²) in [5.41, 5.74) is 7.61. The Morgan fingerprint density at radius 1 is 1.15 bits per heavy atom. The highest BCUT2D eigenvalue weighted by Gasteiger charge is 2.07. The molecular formula is C13H17N5O2. The van der Waals surface area contributed by atoms with E-state index in [4.69, 9.17) is 15.2 Å².